The van der Waals surface area contributed by atoms with E-state index in [1.807, 2.05) is 0 Å². The molecule has 74 valence electrons. The van der Waals surface area contributed by atoms with Crippen molar-refractivity contribution >= 4 is 34.7 Å². The highest BCUT2D eigenvalue weighted by molar-refractivity contribution is 7.18. The summed E-state index contributed by atoms with van der Waals surface area (Å²) >= 11 is 6.88. The second-order valence-electron chi connectivity index (χ2n) is 3.25. The van der Waals surface area contributed by atoms with Crippen molar-refractivity contribution in [2.75, 3.05) is 0 Å². The quantitative estimate of drug-likeness (QED) is 0.811. The molecule has 1 heterocycles. The van der Waals surface area contributed by atoms with Gasteiger partial charge in [-0.1, -0.05) is 11.6 Å². The molecule has 2 rings (SSSR count). The molecule has 1 aromatic heterocycles. The number of halogens is 1. The van der Waals surface area contributed by atoms with E-state index in [-0.39, 0.29) is 11.7 Å². The Kier molecular flexibility index (Phi) is 2.33. The molecule has 1 saturated carbocycles. The van der Waals surface area contributed by atoms with Gasteiger partial charge in [-0.05, 0) is 18.6 Å². The van der Waals surface area contributed by atoms with Crippen LogP contribution in [0.4, 0.5) is 0 Å². The van der Waals surface area contributed by atoms with Crippen molar-refractivity contribution in [2.24, 2.45) is 11.8 Å². The van der Waals surface area contributed by atoms with Gasteiger partial charge in [-0.3, -0.25) is 9.59 Å². The average molecular weight is 231 g/mol. The molecule has 0 bridgehead atoms. The molecule has 2 unspecified atom stereocenters. The van der Waals surface area contributed by atoms with E-state index in [0.717, 1.165) is 0 Å². The minimum absolute atomic E-state index is 0.0886. The van der Waals surface area contributed by atoms with Crippen molar-refractivity contribution in [1.82, 2.24) is 0 Å². The van der Waals surface area contributed by atoms with E-state index >= 15 is 0 Å². The van der Waals surface area contributed by atoms with Crippen molar-refractivity contribution in [3.63, 3.8) is 0 Å². The first-order valence-electron chi connectivity index (χ1n) is 4.12. The van der Waals surface area contributed by atoms with Crippen LogP contribution in [0.1, 0.15) is 16.1 Å². The van der Waals surface area contributed by atoms with E-state index in [1.165, 1.54) is 11.3 Å². The Morgan fingerprint density at radius 3 is 2.57 bits per heavy atom. The van der Waals surface area contributed by atoms with E-state index in [2.05, 4.69) is 0 Å². The lowest BCUT2D eigenvalue weighted by molar-refractivity contribution is -0.138. The van der Waals surface area contributed by atoms with Crippen molar-refractivity contribution in [3.05, 3.63) is 21.3 Å². The lowest BCUT2D eigenvalue weighted by atomic mass is 10.2. The molecule has 5 heteroatoms. The van der Waals surface area contributed by atoms with Gasteiger partial charge in [0.15, 0.2) is 5.78 Å². The summed E-state index contributed by atoms with van der Waals surface area (Å²) in [6, 6.07) is 3.30. The fourth-order valence-corrected chi connectivity index (χ4v) is 2.43. The maximum Gasteiger partial charge on any atom is 0.307 e. The van der Waals surface area contributed by atoms with Crippen LogP contribution in [0.25, 0.3) is 0 Å². The average Bonchev–Trinajstić information content (AvgIpc) is 2.82. The van der Waals surface area contributed by atoms with Crippen LogP contribution in [-0.2, 0) is 4.79 Å². The summed E-state index contributed by atoms with van der Waals surface area (Å²) in [6.07, 6.45) is 0.462. The number of ketones is 1. The summed E-state index contributed by atoms with van der Waals surface area (Å²) in [7, 11) is 0. The summed E-state index contributed by atoms with van der Waals surface area (Å²) in [5.41, 5.74) is 0. The van der Waals surface area contributed by atoms with E-state index < -0.39 is 11.9 Å². The molecule has 3 nitrogen and oxygen atoms in total. The van der Waals surface area contributed by atoms with E-state index in [1.54, 1.807) is 12.1 Å². The molecule has 2 atom stereocenters. The monoisotopic (exact) mass is 230 g/mol. The zero-order valence-corrected chi connectivity index (χ0v) is 8.64. The smallest absolute Gasteiger partial charge is 0.307 e. The fraction of sp³-hybridized carbons (Fsp3) is 0.333. The van der Waals surface area contributed by atoms with Crippen molar-refractivity contribution in [3.8, 4) is 0 Å². The van der Waals surface area contributed by atoms with Gasteiger partial charge in [-0.2, -0.15) is 0 Å². The third-order valence-electron chi connectivity index (χ3n) is 2.26. The predicted octanol–water partition coefficient (Wildman–Crippen LogP) is 2.30. The molecule has 0 aliphatic heterocycles. The van der Waals surface area contributed by atoms with Crippen molar-refractivity contribution in [2.45, 2.75) is 6.42 Å². The maximum atomic E-state index is 11.6. The zero-order chi connectivity index (χ0) is 10.3. The summed E-state index contributed by atoms with van der Waals surface area (Å²) in [5, 5.41) is 8.65. The summed E-state index contributed by atoms with van der Waals surface area (Å²) in [6.45, 7) is 0. The minimum Gasteiger partial charge on any atom is -0.481 e. The number of thiophene rings is 1. The highest BCUT2D eigenvalue weighted by atomic mass is 35.5. The molecule has 0 amide bonds. The van der Waals surface area contributed by atoms with E-state index in [0.29, 0.717) is 15.6 Å². The SMILES string of the molecule is O=C(O)C1CC1C(=O)c1ccc(Cl)s1. The second-order valence-corrected chi connectivity index (χ2v) is 4.97. The Morgan fingerprint density at radius 1 is 1.43 bits per heavy atom. The lowest BCUT2D eigenvalue weighted by Crippen LogP contribution is -2.06. The molecule has 1 aliphatic carbocycles. The van der Waals surface area contributed by atoms with Gasteiger partial charge in [0, 0.05) is 5.92 Å². The van der Waals surface area contributed by atoms with Crippen LogP contribution in [0.2, 0.25) is 4.34 Å². The Balaban J connectivity index is 2.08. The number of carboxylic acids is 1. The molecule has 14 heavy (non-hydrogen) atoms. The first kappa shape index (κ1) is 9.68. The normalized spacial score (nSPS) is 24.6. The molecule has 1 aliphatic rings. The number of carbonyl (C=O) groups is 2. The molecule has 0 spiro atoms. The van der Waals surface area contributed by atoms with Gasteiger partial charge in [-0.25, -0.2) is 0 Å². The first-order chi connectivity index (χ1) is 6.59. The van der Waals surface area contributed by atoms with Crippen LogP contribution in [0.5, 0.6) is 0 Å². The van der Waals surface area contributed by atoms with Gasteiger partial charge in [0.25, 0.3) is 0 Å². The van der Waals surface area contributed by atoms with Crippen LogP contribution in [-0.4, -0.2) is 16.9 Å². The van der Waals surface area contributed by atoms with Gasteiger partial charge < -0.3 is 5.11 Å². The molecule has 0 saturated heterocycles. The van der Waals surface area contributed by atoms with Crippen molar-refractivity contribution < 1.29 is 14.7 Å². The number of carbonyl (C=O) groups excluding carboxylic acids is 1. The predicted molar refractivity (Wildman–Crippen MR) is 52.9 cm³/mol. The molecule has 1 aromatic rings. The fourth-order valence-electron chi connectivity index (χ4n) is 1.39. The van der Waals surface area contributed by atoms with Gasteiger partial charge >= 0.3 is 5.97 Å². The van der Waals surface area contributed by atoms with Gasteiger partial charge in [0.2, 0.25) is 0 Å². The second kappa shape index (κ2) is 3.37. The summed E-state index contributed by atoms with van der Waals surface area (Å²) in [5.74, 6) is -1.79. The van der Waals surface area contributed by atoms with E-state index in [4.69, 9.17) is 16.7 Å². The Labute approximate surface area is 89.3 Å². The van der Waals surface area contributed by atoms with Crippen LogP contribution in [0, 0.1) is 11.8 Å². The van der Waals surface area contributed by atoms with Gasteiger partial charge in [0.05, 0.1) is 15.1 Å². The maximum absolute atomic E-state index is 11.6. The number of Topliss-reactive ketones (excluding diaryl/α,β-unsaturated/α-hetero) is 1. The highest BCUT2D eigenvalue weighted by Gasteiger charge is 2.48. The number of aliphatic carboxylic acids is 1. The Morgan fingerprint density at radius 2 is 2.14 bits per heavy atom. The number of hydrogen-bond acceptors (Lipinski definition) is 3. The third-order valence-corrected chi connectivity index (χ3v) is 3.51. The Bertz CT molecular complexity index is 399. The van der Waals surface area contributed by atoms with Gasteiger partial charge in [0.1, 0.15) is 0 Å². The number of carboxylic acid groups (broad SMARTS) is 1. The first-order valence-corrected chi connectivity index (χ1v) is 5.31. The topological polar surface area (TPSA) is 54.4 Å². The molecular formula is C9H7ClO3S. The standard InChI is InChI=1S/C9H7ClO3S/c10-7-2-1-6(14-7)8(11)4-3-5(4)9(12)13/h1-2,4-5H,3H2,(H,12,13). The Hall–Kier alpha value is -0.870. The number of hydrogen-bond donors (Lipinski definition) is 1. The summed E-state index contributed by atoms with van der Waals surface area (Å²) < 4.78 is 0.556. The molecular weight excluding hydrogens is 224 g/mol. The van der Waals surface area contributed by atoms with Crippen LogP contribution < -0.4 is 0 Å². The lowest BCUT2D eigenvalue weighted by Gasteiger charge is -1.92. The van der Waals surface area contributed by atoms with Gasteiger partial charge in [-0.15, -0.1) is 11.3 Å². The third kappa shape index (κ3) is 1.67. The molecule has 1 N–H and O–H groups in total. The molecule has 0 aromatic carbocycles. The van der Waals surface area contributed by atoms with Crippen LogP contribution >= 0.6 is 22.9 Å². The number of rotatable bonds is 3. The van der Waals surface area contributed by atoms with Crippen LogP contribution in [0.15, 0.2) is 12.1 Å². The minimum atomic E-state index is -0.883. The highest BCUT2D eigenvalue weighted by Crippen LogP contribution is 2.42. The van der Waals surface area contributed by atoms with Crippen LogP contribution in [0.3, 0.4) is 0 Å². The summed E-state index contributed by atoms with van der Waals surface area (Å²) in [4.78, 5) is 22.7. The largest absolute Gasteiger partial charge is 0.481 e. The molecule has 0 radical (unpaired) electrons. The zero-order valence-electron chi connectivity index (χ0n) is 7.07. The molecule has 1 fully saturated rings. The van der Waals surface area contributed by atoms with E-state index in [9.17, 15) is 9.59 Å². The van der Waals surface area contributed by atoms with Crippen molar-refractivity contribution in [1.29, 1.82) is 0 Å².